The number of aryl methyl sites for hydroxylation is 1. The molecular formula is C19H22N4O2. The maximum Gasteiger partial charge on any atom is 0.239 e. The van der Waals surface area contributed by atoms with Crippen LogP contribution in [0.3, 0.4) is 0 Å². The van der Waals surface area contributed by atoms with E-state index >= 15 is 0 Å². The van der Waals surface area contributed by atoms with Crippen LogP contribution in [-0.4, -0.2) is 37.1 Å². The Morgan fingerprint density at radius 1 is 1.32 bits per heavy atom. The zero-order valence-electron chi connectivity index (χ0n) is 14.7. The van der Waals surface area contributed by atoms with Crippen molar-refractivity contribution in [1.29, 1.82) is 5.26 Å². The SMILES string of the molecule is Cc1ccc(OCC(C)NC(=O)CN(C)c2ccc(C#N)cn2)cc1. The van der Waals surface area contributed by atoms with Gasteiger partial charge >= 0.3 is 0 Å². The van der Waals surface area contributed by atoms with Gasteiger partial charge in [0.05, 0.1) is 18.2 Å². The van der Waals surface area contributed by atoms with E-state index in [1.807, 2.05) is 44.2 Å². The van der Waals surface area contributed by atoms with Crippen LogP contribution >= 0.6 is 0 Å². The van der Waals surface area contributed by atoms with Crippen molar-refractivity contribution in [2.45, 2.75) is 19.9 Å². The molecular weight excluding hydrogens is 316 g/mol. The number of ether oxygens (including phenoxy) is 1. The summed E-state index contributed by atoms with van der Waals surface area (Å²) in [4.78, 5) is 18.0. The zero-order chi connectivity index (χ0) is 18.2. The molecule has 1 heterocycles. The van der Waals surface area contributed by atoms with E-state index in [1.165, 1.54) is 11.8 Å². The number of benzene rings is 1. The van der Waals surface area contributed by atoms with Crippen LogP contribution in [0.2, 0.25) is 0 Å². The molecule has 6 heteroatoms. The summed E-state index contributed by atoms with van der Waals surface area (Å²) in [6, 6.07) is 13.1. The number of hydrogen-bond donors (Lipinski definition) is 1. The Morgan fingerprint density at radius 3 is 2.64 bits per heavy atom. The fourth-order valence-corrected chi connectivity index (χ4v) is 2.19. The van der Waals surface area contributed by atoms with Gasteiger partial charge in [0.25, 0.3) is 0 Å². The van der Waals surface area contributed by atoms with Gasteiger partial charge in [-0.2, -0.15) is 5.26 Å². The fourth-order valence-electron chi connectivity index (χ4n) is 2.19. The van der Waals surface area contributed by atoms with Gasteiger partial charge in [-0.3, -0.25) is 4.79 Å². The van der Waals surface area contributed by atoms with Crippen molar-refractivity contribution >= 4 is 11.7 Å². The molecule has 0 saturated carbocycles. The van der Waals surface area contributed by atoms with Crippen LogP contribution in [0.25, 0.3) is 0 Å². The Morgan fingerprint density at radius 2 is 2.04 bits per heavy atom. The lowest BCUT2D eigenvalue weighted by Crippen LogP contribution is -2.42. The molecule has 1 N–H and O–H groups in total. The van der Waals surface area contributed by atoms with E-state index in [4.69, 9.17) is 10.00 Å². The molecule has 0 spiro atoms. The predicted octanol–water partition coefficient (Wildman–Crippen LogP) is 2.28. The van der Waals surface area contributed by atoms with E-state index in [2.05, 4.69) is 10.3 Å². The summed E-state index contributed by atoms with van der Waals surface area (Å²) in [6.07, 6.45) is 1.49. The summed E-state index contributed by atoms with van der Waals surface area (Å²) in [6.45, 7) is 4.49. The Balaban J connectivity index is 1.78. The zero-order valence-corrected chi connectivity index (χ0v) is 14.7. The number of nitriles is 1. The van der Waals surface area contributed by atoms with Crippen LogP contribution in [0, 0.1) is 18.3 Å². The van der Waals surface area contributed by atoms with Crippen LogP contribution in [-0.2, 0) is 4.79 Å². The van der Waals surface area contributed by atoms with Crippen LogP contribution in [0.1, 0.15) is 18.1 Å². The molecule has 0 aliphatic carbocycles. The standard InChI is InChI=1S/C19H22N4O2/c1-14-4-7-17(8-5-14)25-13-15(2)22-19(24)12-23(3)18-9-6-16(10-20)11-21-18/h4-9,11,15H,12-13H2,1-3H3,(H,22,24). The third-order valence-electron chi connectivity index (χ3n) is 3.58. The normalized spacial score (nSPS) is 11.3. The number of anilines is 1. The molecule has 130 valence electrons. The molecule has 1 unspecified atom stereocenters. The highest BCUT2D eigenvalue weighted by atomic mass is 16.5. The van der Waals surface area contributed by atoms with Gasteiger partial charge in [-0.25, -0.2) is 4.98 Å². The first-order chi connectivity index (χ1) is 12.0. The van der Waals surface area contributed by atoms with Gasteiger partial charge in [0.1, 0.15) is 24.2 Å². The molecule has 0 aliphatic heterocycles. The van der Waals surface area contributed by atoms with Crippen molar-refractivity contribution in [2.75, 3.05) is 25.1 Å². The number of aromatic nitrogens is 1. The molecule has 1 aromatic carbocycles. The smallest absolute Gasteiger partial charge is 0.239 e. The van der Waals surface area contributed by atoms with Crippen molar-refractivity contribution in [1.82, 2.24) is 10.3 Å². The monoisotopic (exact) mass is 338 g/mol. The van der Waals surface area contributed by atoms with Crippen LogP contribution < -0.4 is 15.0 Å². The molecule has 0 saturated heterocycles. The summed E-state index contributed by atoms with van der Waals surface area (Å²) >= 11 is 0. The first kappa shape index (κ1) is 18.3. The summed E-state index contributed by atoms with van der Waals surface area (Å²) in [5.41, 5.74) is 1.66. The molecule has 0 aliphatic rings. The lowest BCUT2D eigenvalue weighted by molar-refractivity contribution is -0.120. The van der Waals surface area contributed by atoms with Gasteiger partial charge in [-0.05, 0) is 38.1 Å². The lowest BCUT2D eigenvalue weighted by atomic mass is 10.2. The molecule has 1 aromatic heterocycles. The topological polar surface area (TPSA) is 78.2 Å². The second kappa shape index (κ2) is 8.69. The predicted molar refractivity (Wildman–Crippen MR) is 96.5 cm³/mol. The van der Waals surface area contributed by atoms with Gasteiger partial charge in [0.2, 0.25) is 5.91 Å². The molecule has 2 aromatic rings. The minimum Gasteiger partial charge on any atom is -0.491 e. The van der Waals surface area contributed by atoms with Crippen molar-refractivity contribution in [3.05, 3.63) is 53.7 Å². The third kappa shape index (κ3) is 5.81. The highest BCUT2D eigenvalue weighted by Crippen LogP contribution is 2.12. The van der Waals surface area contributed by atoms with Crippen molar-refractivity contribution in [3.8, 4) is 11.8 Å². The quantitative estimate of drug-likeness (QED) is 0.838. The van der Waals surface area contributed by atoms with E-state index in [-0.39, 0.29) is 18.5 Å². The number of nitrogens with zero attached hydrogens (tertiary/aromatic N) is 3. The van der Waals surface area contributed by atoms with E-state index < -0.39 is 0 Å². The minimum absolute atomic E-state index is 0.115. The summed E-state index contributed by atoms with van der Waals surface area (Å²) in [5.74, 6) is 1.30. The number of carbonyl (C=O) groups excluding carboxylic acids is 1. The third-order valence-corrected chi connectivity index (χ3v) is 3.58. The van der Waals surface area contributed by atoms with Gasteiger partial charge in [0, 0.05) is 13.2 Å². The Bertz CT molecular complexity index is 736. The van der Waals surface area contributed by atoms with E-state index in [0.717, 1.165) is 5.75 Å². The van der Waals surface area contributed by atoms with E-state index in [1.54, 1.807) is 24.1 Å². The number of likely N-dealkylation sites (N-methyl/N-ethyl adjacent to an activating group) is 1. The van der Waals surface area contributed by atoms with Crippen molar-refractivity contribution in [3.63, 3.8) is 0 Å². The van der Waals surface area contributed by atoms with Gasteiger partial charge in [0.15, 0.2) is 0 Å². The number of nitrogens with one attached hydrogen (secondary N) is 1. The van der Waals surface area contributed by atoms with Crippen LogP contribution in [0.15, 0.2) is 42.6 Å². The van der Waals surface area contributed by atoms with Crippen molar-refractivity contribution in [2.24, 2.45) is 0 Å². The number of rotatable bonds is 7. The number of carbonyl (C=O) groups is 1. The molecule has 1 amide bonds. The molecule has 6 nitrogen and oxygen atoms in total. The highest BCUT2D eigenvalue weighted by Gasteiger charge is 2.12. The van der Waals surface area contributed by atoms with Crippen molar-refractivity contribution < 1.29 is 9.53 Å². The average molecular weight is 338 g/mol. The largest absolute Gasteiger partial charge is 0.491 e. The molecule has 0 radical (unpaired) electrons. The summed E-state index contributed by atoms with van der Waals surface area (Å²) < 4.78 is 5.67. The second-order valence-corrected chi connectivity index (χ2v) is 5.97. The number of hydrogen-bond acceptors (Lipinski definition) is 5. The number of pyridine rings is 1. The van der Waals surface area contributed by atoms with Crippen LogP contribution in [0.4, 0.5) is 5.82 Å². The second-order valence-electron chi connectivity index (χ2n) is 5.97. The van der Waals surface area contributed by atoms with Crippen LogP contribution in [0.5, 0.6) is 5.75 Å². The van der Waals surface area contributed by atoms with Gasteiger partial charge < -0.3 is 15.0 Å². The maximum atomic E-state index is 12.1. The van der Waals surface area contributed by atoms with Gasteiger partial charge in [-0.1, -0.05) is 17.7 Å². The maximum absolute atomic E-state index is 12.1. The number of amides is 1. The Labute approximate surface area is 148 Å². The Hall–Kier alpha value is -3.07. The molecule has 1 atom stereocenters. The highest BCUT2D eigenvalue weighted by molar-refractivity contribution is 5.81. The lowest BCUT2D eigenvalue weighted by Gasteiger charge is -2.20. The van der Waals surface area contributed by atoms with E-state index in [0.29, 0.717) is 18.0 Å². The average Bonchev–Trinajstić information content (AvgIpc) is 2.61. The van der Waals surface area contributed by atoms with Gasteiger partial charge in [-0.15, -0.1) is 0 Å². The molecule has 0 bridgehead atoms. The Kier molecular flexibility index (Phi) is 6.35. The molecule has 2 rings (SSSR count). The summed E-state index contributed by atoms with van der Waals surface area (Å²) in [7, 11) is 1.78. The molecule has 25 heavy (non-hydrogen) atoms. The first-order valence-electron chi connectivity index (χ1n) is 8.04. The minimum atomic E-state index is -0.117. The summed E-state index contributed by atoms with van der Waals surface area (Å²) in [5, 5.41) is 11.7. The van der Waals surface area contributed by atoms with E-state index in [9.17, 15) is 4.79 Å². The molecule has 0 fully saturated rings. The fraction of sp³-hybridized carbons (Fsp3) is 0.316. The first-order valence-corrected chi connectivity index (χ1v) is 8.04.